The van der Waals surface area contributed by atoms with Crippen molar-refractivity contribution in [2.45, 2.75) is 5.75 Å². The molecule has 1 aromatic heterocycles. The fourth-order valence-electron chi connectivity index (χ4n) is 2.30. The predicted octanol–water partition coefficient (Wildman–Crippen LogP) is 6.29. The van der Waals surface area contributed by atoms with Crippen LogP contribution < -0.4 is 5.43 Å². The van der Waals surface area contributed by atoms with Gasteiger partial charge in [-0.15, -0.1) is 11.8 Å². The third-order valence-electron chi connectivity index (χ3n) is 3.62. The highest BCUT2D eigenvalue weighted by molar-refractivity contribution is 7.99. The zero-order chi connectivity index (χ0) is 19.9. The van der Waals surface area contributed by atoms with Crippen LogP contribution in [0, 0.1) is 0 Å². The van der Waals surface area contributed by atoms with E-state index in [2.05, 4.69) is 10.5 Å². The van der Waals surface area contributed by atoms with Crippen LogP contribution in [0.2, 0.25) is 15.1 Å². The minimum Gasteiger partial charge on any atom is -0.455 e. The van der Waals surface area contributed by atoms with Gasteiger partial charge in [0.2, 0.25) is 5.91 Å². The molecule has 0 radical (unpaired) electrons. The maximum Gasteiger partial charge on any atom is 0.250 e. The maximum atomic E-state index is 11.9. The van der Waals surface area contributed by atoms with Gasteiger partial charge in [0.05, 0.1) is 17.0 Å². The molecule has 0 aliphatic carbocycles. The number of halogens is 3. The molecule has 0 saturated heterocycles. The normalized spacial score (nSPS) is 11.1. The topological polar surface area (TPSA) is 54.6 Å². The van der Waals surface area contributed by atoms with Crippen LogP contribution >= 0.6 is 46.6 Å². The van der Waals surface area contributed by atoms with Gasteiger partial charge in [-0.2, -0.15) is 5.10 Å². The van der Waals surface area contributed by atoms with Gasteiger partial charge in [-0.25, -0.2) is 5.43 Å². The van der Waals surface area contributed by atoms with Crippen LogP contribution in [0.15, 0.2) is 64.1 Å². The Bertz CT molecular complexity index is 987. The molecular weight excluding hydrogens is 439 g/mol. The first-order valence-corrected chi connectivity index (χ1v) is 10.5. The van der Waals surface area contributed by atoms with E-state index < -0.39 is 0 Å². The molecule has 0 spiro atoms. The summed E-state index contributed by atoms with van der Waals surface area (Å²) >= 11 is 19.4. The SMILES string of the molecule is O=C(CSCc1ccc(Cl)cc1)N/N=C\c1ccc(-c2ccc(Cl)cc2Cl)o1. The summed E-state index contributed by atoms with van der Waals surface area (Å²) in [5.41, 5.74) is 4.32. The summed E-state index contributed by atoms with van der Waals surface area (Å²) in [5, 5.41) is 5.66. The standard InChI is InChI=1S/C20H15Cl3N2O2S/c21-14-3-1-13(2-4-14)11-28-12-20(26)25-24-10-16-6-8-19(27-16)17-7-5-15(22)9-18(17)23/h1-10H,11-12H2,(H,25,26)/b24-10-. The molecule has 144 valence electrons. The highest BCUT2D eigenvalue weighted by Gasteiger charge is 2.08. The van der Waals surface area contributed by atoms with E-state index >= 15 is 0 Å². The first-order valence-electron chi connectivity index (χ1n) is 8.20. The van der Waals surface area contributed by atoms with Gasteiger partial charge in [0, 0.05) is 21.4 Å². The van der Waals surface area contributed by atoms with Crippen molar-refractivity contribution >= 4 is 58.7 Å². The number of amides is 1. The van der Waals surface area contributed by atoms with E-state index in [9.17, 15) is 4.79 Å². The average Bonchev–Trinajstić information content (AvgIpc) is 3.12. The molecule has 0 aliphatic rings. The monoisotopic (exact) mass is 452 g/mol. The average molecular weight is 454 g/mol. The van der Waals surface area contributed by atoms with Crippen LogP contribution in [0.1, 0.15) is 11.3 Å². The maximum absolute atomic E-state index is 11.9. The third kappa shape index (κ3) is 6.04. The minimum atomic E-state index is -0.192. The molecule has 0 atom stereocenters. The second kappa shape index (κ2) is 10.0. The molecule has 0 aliphatic heterocycles. The van der Waals surface area contributed by atoms with Crippen molar-refractivity contribution < 1.29 is 9.21 Å². The van der Waals surface area contributed by atoms with Gasteiger partial charge >= 0.3 is 0 Å². The molecule has 1 amide bonds. The molecule has 8 heteroatoms. The minimum absolute atomic E-state index is 0.192. The smallest absolute Gasteiger partial charge is 0.250 e. The van der Waals surface area contributed by atoms with Crippen molar-refractivity contribution in [3.8, 4) is 11.3 Å². The molecule has 1 N–H and O–H groups in total. The first kappa shape index (κ1) is 20.8. The molecule has 2 aromatic carbocycles. The van der Waals surface area contributed by atoms with Gasteiger partial charge in [-0.3, -0.25) is 4.79 Å². The van der Waals surface area contributed by atoms with E-state index in [4.69, 9.17) is 39.2 Å². The van der Waals surface area contributed by atoms with E-state index in [1.54, 1.807) is 30.3 Å². The number of carbonyl (C=O) groups excluding carboxylic acids is 1. The third-order valence-corrected chi connectivity index (χ3v) is 5.42. The lowest BCUT2D eigenvalue weighted by molar-refractivity contribution is -0.118. The number of hydrogen-bond donors (Lipinski definition) is 1. The zero-order valence-electron chi connectivity index (χ0n) is 14.5. The quantitative estimate of drug-likeness (QED) is 0.338. The van der Waals surface area contributed by atoms with E-state index in [0.29, 0.717) is 32.3 Å². The van der Waals surface area contributed by atoms with Crippen molar-refractivity contribution in [3.05, 3.63) is 81.0 Å². The first-order chi connectivity index (χ1) is 13.5. The molecule has 3 aromatic rings. The Morgan fingerprint density at radius 1 is 1.04 bits per heavy atom. The Morgan fingerprint density at radius 3 is 2.54 bits per heavy atom. The zero-order valence-corrected chi connectivity index (χ0v) is 17.6. The molecule has 3 rings (SSSR count). The molecule has 0 bridgehead atoms. The van der Waals surface area contributed by atoms with Crippen molar-refractivity contribution in [1.82, 2.24) is 5.43 Å². The summed E-state index contributed by atoms with van der Waals surface area (Å²) in [7, 11) is 0. The molecule has 0 saturated carbocycles. The molecule has 0 fully saturated rings. The Morgan fingerprint density at radius 2 is 1.79 bits per heavy atom. The molecule has 28 heavy (non-hydrogen) atoms. The van der Waals surface area contributed by atoms with Crippen LogP contribution in [0.3, 0.4) is 0 Å². The van der Waals surface area contributed by atoms with Crippen molar-refractivity contribution in [2.24, 2.45) is 5.10 Å². The summed E-state index contributed by atoms with van der Waals surface area (Å²) in [5.74, 6) is 1.91. The molecule has 4 nitrogen and oxygen atoms in total. The Labute approximate surface area is 181 Å². The van der Waals surface area contributed by atoms with Crippen LogP contribution in [-0.2, 0) is 10.5 Å². The summed E-state index contributed by atoms with van der Waals surface area (Å²) in [6.45, 7) is 0. The van der Waals surface area contributed by atoms with Crippen LogP contribution in [0.25, 0.3) is 11.3 Å². The van der Waals surface area contributed by atoms with E-state index in [-0.39, 0.29) is 5.91 Å². The Hall–Kier alpha value is -1.92. The lowest BCUT2D eigenvalue weighted by Gasteiger charge is -2.02. The van der Waals surface area contributed by atoms with Crippen LogP contribution in [0.4, 0.5) is 0 Å². The number of nitrogens with zero attached hydrogens (tertiary/aromatic N) is 1. The molecule has 0 unspecified atom stereocenters. The highest BCUT2D eigenvalue weighted by Crippen LogP contribution is 2.31. The number of carbonyl (C=O) groups is 1. The highest BCUT2D eigenvalue weighted by atomic mass is 35.5. The number of furan rings is 1. The summed E-state index contributed by atoms with van der Waals surface area (Å²) in [4.78, 5) is 11.9. The van der Waals surface area contributed by atoms with Crippen molar-refractivity contribution in [2.75, 3.05) is 5.75 Å². The van der Waals surface area contributed by atoms with Gasteiger partial charge in [-0.1, -0.05) is 46.9 Å². The fourth-order valence-corrected chi connectivity index (χ4v) is 3.71. The number of hydrazone groups is 1. The van der Waals surface area contributed by atoms with Crippen molar-refractivity contribution in [1.29, 1.82) is 0 Å². The number of nitrogens with one attached hydrogen (secondary N) is 1. The fraction of sp³-hybridized carbons (Fsp3) is 0.100. The largest absolute Gasteiger partial charge is 0.455 e. The number of rotatable bonds is 7. The summed E-state index contributed by atoms with van der Waals surface area (Å²) in [6.07, 6.45) is 1.44. The Balaban J connectivity index is 1.47. The lowest BCUT2D eigenvalue weighted by Crippen LogP contribution is -2.19. The van der Waals surface area contributed by atoms with Gasteiger partial charge < -0.3 is 4.42 Å². The number of hydrogen-bond acceptors (Lipinski definition) is 4. The lowest BCUT2D eigenvalue weighted by atomic mass is 10.2. The van der Waals surface area contributed by atoms with Gasteiger partial charge in [0.1, 0.15) is 11.5 Å². The van der Waals surface area contributed by atoms with Gasteiger partial charge in [0.25, 0.3) is 0 Å². The van der Waals surface area contributed by atoms with E-state index in [1.807, 2.05) is 24.3 Å². The van der Waals surface area contributed by atoms with Crippen LogP contribution in [0.5, 0.6) is 0 Å². The summed E-state index contributed by atoms with van der Waals surface area (Å²) in [6, 6.07) is 16.2. The van der Waals surface area contributed by atoms with Crippen molar-refractivity contribution in [3.63, 3.8) is 0 Å². The molecule has 1 heterocycles. The van der Waals surface area contributed by atoms with E-state index in [1.165, 1.54) is 18.0 Å². The van der Waals surface area contributed by atoms with Gasteiger partial charge in [-0.05, 0) is 48.0 Å². The summed E-state index contributed by atoms with van der Waals surface area (Å²) < 4.78 is 5.68. The number of benzene rings is 2. The second-order valence-electron chi connectivity index (χ2n) is 5.74. The number of thioether (sulfide) groups is 1. The van der Waals surface area contributed by atoms with Crippen LogP contribution in [-0.4, -0.2) is 17.9 Å². The second-order valence-corrected chi connectivity index (χ2v) is 8.00. The van der Waals surface area contributed by atoms with Gasteiger partial charge in [0.15, 0.2) is 0 Å². The predicted molar refractivity (Wildman–Crippen MR) is 118 cm³/mol. The van der Waals surface area contributed by atoms with E-state index in [0.717, 1.165) is 16.9 Å². The Kier molecular flexibility index (Phi) is 7.45. The molecular formula is C20H15Cl3N2O2S.